The number of piperidine rings is 1. The molecule has 3 nitrogen and oxygen atoms in total. The van der Waals surface area contributed by atoms with Crippen LogP contribution in [-0.4, -0.2) is 28.6 Å². The van der Waals surface area contributed by atoms with E-state index in [1.807, 2.05) is 13.8 Å². The fourth-order valence-electron chi connectivity index (χ4n) is 3.06. The summed E-state index contributed by atoms with van der Waals surface area (Å²) in [4.78, 5) is 2.29. The van der Waals surface area contributed by atoms with Crippen molar-refractivity contribution < 1.29 is 9.50 Å². The second-order valence-electron chi connectivity index (χ2n) is 5.54. The minimum Gasteiger partial charge on any atom is -0.508 e. The highest BCUT2D eigenvalue weighted by atomic mass is 19.1. The number of aromatic hydroxyl groups is 1. The molecule has 1 aromatic rings. The van der Waals surface area contributed by atoms with Crippen molar-refractivity contribution >= 4 is 0 Å². The number of hydrogen-bond acceptors (Lipinski definition) is 3. The van der Waals surface area contributed by atoms with Gasteiger partial charge in [-0.05, 0) is 51.4 Å². The van der Waals surface area contributed by atoms with Gasteiger partial charge in [0.1, 0.15) is 11.6 Å². The van der Waals surface area contributed by atoms with Crippen LogP contribution in [0.2, 0.25) is 0 Å². The zero-order chi connectivity index (χ0) is 14.0. The maximum absolute atomic E-state index is 13.4. The minimum atomic E-state index is -0.311. The first-order chi connectivity index (χ1) is 9.00. The van der Waals surface area contributed by atoms with E-state index in [1.165, 1.54) is 24.6 Å². The van der Waals surface area contributed by atoms with Crippen molar-refractivity contribution in [3.8, 4) is 5.75 Å². The summed E-state index contributed by atoms with van der Waals surface area (Å²) in [6.45, 7) is 4.97. The van der Waals surface area contributed by atoms with Gasteiger partial charge >= 0.3 is 0 Å². The molecule has 1 saturated heterocycles. The molecule has 2 rings (SSSR count). The van der Waals surface area contributed by atoms with Gasteiger partial charge in [-0.1, -0.05) is 6.42 Å². The molecule has 0 amide bonds. The van der Waals surface area contributed by atoms with Crippen molar-refractivity contribution in [3.63, 3.8) is 0 Å². The van der Waals surface area contributed by atoms with E-state index >= 15 is 0 Å². The molecule has 19 heavy (non-hydrogen) atoms. The van der Waals surface area contributed by atoms with Crippen LogP contribution in [0.4, 0.5) is 4.39 Å². The lowest BCUT2D eigenvalue weighted by molar-refractivity contribution is 0.0876. The van der Waals surface area contributed by atoms with Gasteiger partial charge in [0.05, 0.1) is 0 Å². The molecule has 1 aliphatic heterocycles. The average molecular weight is 266 g/mol. The number of hydrogen-bond donors (Lipinski definition) is 2. The van der Waals surface area contributed by atoms with Gasteiger partial charge in [-0.2, -0.15) is 0 Å². The number of rotatable bonds is 3. The lowest BCUT2D eigenvalue weighted by Gasteiger charge is -2.42. The van der Waals surface area contributed by atoms with Crippen LogP contribution in [0.3, 0.4) is 0 Å². The molecule has 1 aliphatic rings. The van der Waals surface area contributed by atoms with Crippen LogP contribution >= 0.6 is 0 Å². The summed E-state index contributed by atoms with van der Waals surface area (Å²) in [5.74, 6) is -0.156. The Bertz CT molecular complexity index is 436. The summed E-state index contributed by atoms with van der Waals surface area (Å²) in [5.41, 5.74) is 6.71. The minimum absolute atomic E-state index is 0.0213. The van der Waals surface area contributed by atoms with Gasteiger partial charge in [0.15, 0.2) is 0 Å². The number of nitrogens with zero attached hydrogens (tertiary/aromatic N) is 1. The molecule has 106 valence electrons. The standard InChI is InChI=1S/C15H23FN2O/c1-10(17)14-5-3-4-8-18(14)11(2)13-9-12(16)6-7-15(13)19/h6-7,9-11,14,19H,3-5,8,17H2,1-2H3. The molecule has 0 aromatic heterocycles. The maximum Gasteiger partial charge on any atom is 0.123 e. The third-order valence-corrected chi connectivity index (χ3v) is 4.14. The molecule has 3 N–H and O–H groups in total. The molecular weight excluding hydrogens is 243 g/mol. The fourth-order valence-corrected chi connectivity index (χ4v) is 3.06. The van der Waals surface area contributed by atoms with Crippen molar-refractivity contribution in [2.24, 2.45) is 5.73 Å². The van der Waals surface area contributed by atoms with Crippen molar-refractivity contribution in [1.29, 1.82) is 0 Å². The van der Waals surface area contributed by atoms with Crippen LogP contribution in [0, 0.1) is 5.82 Å². The van der Waals surface area contributed by atoms with Crippen LogP contribution in [0.1, 0.15) is 44.7 Å². The highest BCUT2D eigenvalue weighted by Gasteiger charge is 2.30. The van der Waals surface area contributed by atoms with E-state index in [2.05, 4.69) is 4.90 Å². The third kappa shape index (κ3) is 3.07. The van der Waals surface area contributed by atoms with Crippen LogP contribution in [0.5, 0.6) is 5.75 Å². The van der Waals surface area contributed by atoms with Gasteiger partial charge in [0.25, 0.3) is 0 Å². The zero-order valence-corrected chi connectivity index (χ0v) is 11.6. The Hall–Kier alpha value is -1.13. The molecule has 0 bridgehead atoms. The number of benzene rings is 1. The Morgan fingerprint density at radius 1 is 1.37 bits per heavy atom. The van der Waals surface area contributed by atoms with E-state index in [9.17, 15) is 9.50 Å². The molecule has 0 radical (unpaired) electrons. The van der Waals surface area contributed by atoms with E-state index in [-0.39, 0.29) is 23.7 Å². The predicted molar refractivity (Wildman–Crippen MR) is 74.5 cm³/mol. The number of nitrogens with two attached hydrogens (primary N) is 1. The monoisotopic (exact) mass is 266 g/mol. The molecule has 3 atom stereocenters. The Morgan fingerprint density at radius 3 is 2.79 bits per heavy atom. The molecule has 0 saturated carbocycles. The molecule has 1 heterocycles. The molecule has 0 spiro atoms. The summed E-state index contributed by atoms with van der Waals surface area (Å²) >= 11 is 0. The van der Waals surface area contributed by atoms with Gasteiger partial charge in [-0.15, -0.1) is 0 Å². The van der Waals surface area contributed by atoms with E-state index in [1.54, 1.807) is 0 Å². The van der Waals surface area contributed by atoms with Crippen LogP contribution in [0.15, 0.2) is 18.2 Å². The molecule has 0 aliphatic carbocycles. The predicted octanol–water partition coefficient (Wildman–Crippen LogP) is 2.79. The Balaban J connectivity index is 2.25. The second-order valence-corrected chi connectivity index (χ2v) is 5.54. The van der Waals surface area contributed by atoms with Gasteiger partial charge in [0, 0.05) is 23.7 Å². The van der Waals surface area contributed by atoms with Gasteiger partial charge < -0.3 is 10.8 Å². The summed E-state index contributed by atoms with van der Waals surface area (Å²) in [6.07, 6.45) is 3.38. The van der Waals surface area contributed by atoms with Crippen molar-refractivity contribution in [2.75, 3.05) is 6.54 Å². The van der Waals surface area contributed by atoms with Gasteiger partial charge in [0.2, 0.25) is 0 Å². The van der Waals surface area contributed by atoms with Gasteiger partial charge in [-0.25, -0.2) is 4.39 Å². The summed E-state index contributed by atoms with van der Waals surface area (Å²) < 4.78 is 13.4. The maximum atomic E-state index is 13.4. The van der Waals surface area contributed by atoms with Gasteiger partial charge in [-0.3, -0.25) is 4.90 Å². The number of phenolic OH excluding ortho intramolecular Hbond substituents is 1. The third-order valence-electron chi connectivity index (χ3n) is 4.14. The van der Waals surface area contributed by atoms with Crippen molar-refractivity contribution in [3.05, 3.63) is 29.6 Å². The number of likely N-dealkylation sites (tertiary alicyclic amines) is 1. The Kier molecular flexibility index (Phi) is 4.42. The normalized spacial score (nSPS) is 24.1. The first kappa shape index (κ1) is 14.3. The average Bonchev–Trinajstić information content (AvgIpc) is 2.40. The SMILES string of the molecule is CC(N)C1CCCCN1C(C)c1cc(F)ccc1O. The Labute approximate surface area is 114 Å². The second kappa shape index (κ2) is 5.88. The molecule has 4 heteroatoms. The fraction of sp³-hybridized carbons (Fsp3) is 0.600. The summed E-state index contributed by atoms with van der Waals surface area (Å²) in [7, 11) is 0. The van der Waals surface area contributed by atoms with Crippen LogP contribution in [0.25, 0.3) is 0 Å². The summed E-state index contributed by atoms with van der Waals surface area (Å²) in [5, 5.41) is 9.94. The largest absolute Gasteiger partial charge is 0.508 e. The highest BCUT2D eigenvalue weighted by molar-refractivity contribution is 5.35. The highest BCUT2D eigenvalue weighted by Crippen LogP contribution is 2.33. The van der Waals surface area contributed by atoms with Crippen molar-refractivity contribution in [2.45, 2.75) is 51.2 Å². The van der Waals surface area contributed by atoms with Crippen molar-refractivity contribution in [1.82, 2.24) is 4.90 Å². The lowest BCUT2D eigenvalue weighted by Crippen LogP contribution is -2.49. The quantitative estimate of drug-likeness (QED) is 0.884. The lowest BCUT2D eigenvalue weighted by atomic mass is 9.93. The number of phenols is 1. The van der Waals surface area contributed by atoms with E-state index < -0.39 is 0 Å². The molecular formula is C15H23FN2O. The molecule has 3 unspecified atom stereocenters. The topological polar surface area (TPSA) is 49.5 Å². The molecule has 1 aromatic carbocycles. The van der Waals surface area contributed by atoms with Crippen LogP contribution in [-0.2, 0) is 0 Å². The smallest absolute Gasteiger partial charge is 0.123 e. The van der Waals surface area contributed by atoms with E-state index in [0.29, 0.717) is 11.6 Å². The number of halogens is 1. The van der Waals surface area contributed by atoms with Crippen LogP contribution < -0.4 is 5.73 Å². The summed E-state index contributed by atoms with van der Waals surface area (Å²) in [6, 6.07) is 4.49. The first-order valence-electron chi connectivity index (χ1n) is 7.00. The molecule has 1 fully saturated rings. The van der Waals surface area contributed by atoms with E-state index in [0.717, 1.165) is 19.4 Å². The Morgan fingerprint density at radius 2 is 2.11 bits per heavy atom. The van der Waals surface area contributed by atoms with E-state index in [4.69, 9.17) is 5.73 Å². The first-order valence-corrected chi connectivity index (χ1v) is 7.00. The zero-order valence-electron chi connectivity index (χ0n) is 11.6.